The summed E-state index contributed by atoms with van der Waals surface area (Å²) in [5.41, 5.74) is 2.73. The van der Waals surface area contributed by atoms with Gasteiger partial charge >= 0.3 is 0 Å². The number of nitrogens with zero attached hydrogens (tertiary/aromatic N) is 2. The van der Waals surface area contributed by atoms with Crippen LogP contribution in [0.2, 0.25) is 0 Å². The van der Waals surface area contributed by atoms with E-state index in [9.17, 15) is 0 Å². The Balaban J connectivity index is 0. The first kappa shape index (κ1) is 12.9. The molecule has 0 heterocycles. The molecule has 0 aromatic carbocycles. The predicted molar refractivity (Wildman–Crippen MR) is 51.8 cm³/mol. The van der Waals surface area contributed by atoms with Crippen molar-refractivity contribution in [1.82, 2.24) is 10.3 Å². The molecule has 11 heavy (non-hydrogen) atoms. The first-order valence-electron chi connectivity index (χ1n) is 4.14. The van der Waals surface area contributed by atoms with Crippen LogP contribution >= 0.6 is 0 Å². The van der Waals surface area contributed by atoms with E-state index in [4.69, 9.17) is 0 Å². The average Bonchev–Trinajstić information content (AvgIpc) is 2.07. The molecule has 0 unspecified atom stereocenters. The Hall–Kier alpha value is -0.730. The fourth-order valence-corrected chi connectivity index (χ4v) is 0.476. The molecule has 0 fully saturated rings. The van der Waals surface area contributed by atoms with Crippen LogP contribution in [0.1, 0.15) is 27.7 Å². The van der Waals surface area contributed by atoms with Crippen LogP contribution in [0.4, 0.5) is 0 Å². The van der Waals surface area contributed by atoms with Crippen molar-refractivity contribution in [3.05, 3.63) is 0 Å². The number of rotatable bonds is 2. The highest BCUT2D eigenvalue weighted by Crippen LogP contribution is 1.82. The van der Waals surface area contributed by atoms with Crippen molar-refractivity contribution in [3.63, 3.8) is 0 Å². The SMILES string of the molecule is CC.CCN(C)/C(C)=N/NC. The maximum Gasteiger partial charge on any atom is 0.121 e. The molecule has 0 amide bonds. The van der Waals surface area contributed by atoms with Gasteiger partial charge in [-0.3, -0.25) is 0 Å². The van der Waals surface area contributed by atoms with Gasteiger partial charge in [-0.1, -0.05) is 13.8 Å². The van der Waals surface area contributed by atoms with Gasteiger partial charge in [0, 0.05) is 20.6 Å². The minimum Gasteiger partial charge on any atom is -0.362 e. The molecule has 0 atom stereocenters. The Kier molecular flexibility index (Phi) is 10.9. The first-order chi connectivity index (χ1) is 5.22. The third-order valence-electron chi connectivity index (χ3n) is 1.30. The molecule has 0 rings (SSSR count). The van der Waals surface area contributed by atoms with E-state index in [2.05, 4.69) is 22.4 Å². The standard InChI is InChI=1S/C6H15N3.C2H6/c1-5-9(4)6(2)8-7-3;1-2/h7H,5H2,1-4H3;1-2H3/b8-6+;. The summed E-state index contributed by atoms with van der Waals surface area (Å²) in [5, 5.41) is 3.99. The molecule has 0 aliphatic rings. The molecule has 0 aliphatic carbocycles. The topological polar surface area (TPSA) is 27.6 Å². The Morgan fingerprint density at radius 1 is 1.45 bits per heavy atom. The summed E-state index contributed by atoms with van der Waals surface area (Å²) >= 11 is 0. The fourth-order valence-electron chi connectivity index (χ4n) is 0.476. The van der Waals surface area contributed by atoms with Gasteiger partial charge in [0.2, 0.25) is 0 Å². The van der Waals surface area contributed by atoms with Crippen LogP contribution in [0.3, 0.4) is 0 Å². The van der Waals surface area contributed by atoms with Gasteiger partial charge in [0.15, 0.2) is 0 Å². The third-order valence-corrected chi connectivity index (χ3v) is 1.30. The van der Waals surface area contributed by atoms with Gasteiger partial charge in [-0.2, -0.15) is 5.10 Å². The molecule has 3 heteroatoms. The van der Waals surface area contributed by atoms with Gasteiger partial charge in [0.1, 0.15) is 5.84 Å². The summed E-state index contributed by atoms with van der Waals surface area (Å²) in [7, 11) is 3.81. The van der Waals surface area contributed by atoms with Gasteiger partial charge in [0.25, 0.3) is 0 Å². The van der Waals surface area contributed by atoms with Crippen molar-refractivity contribution in [3.8, 4) is 0 Å². The lowest BCUT2D eigenvalue weighted by atomic mass is 10.5. The molecule has 0 bridgehead atoms. The van der Waals surface area contributed by atoms with E-state index >= 15 is 0 Å². The lowest BCUT2D eigenvalue weighted by molar-refractivity contribution is 0.526. The van der Waals surface area contributed by atoms with Crippen molar-refractivity contribution in [2.75, 3.05) is 20.6 Å². The smallest absolute Gasteiger partial charge is 0.121 e. The molecule has 0 saturated heterocycles. The molecule has 68 valence electrons. The van der Waals surface area contributed by atoms with Crippen LogP contribution in [0.25, 0.3) is 0 Å². The van der Waals surface area contributed by atoms with Crippen LogP contribution in [0.15, 0.2) is 5.10 Å². The molecule has 0 aromatic heterocycles. The molecular weight excluding hydrogens is 138 g/mol. The lowest BCUT2D eigenvalue weighted by Crippen LogP contribution is -2.25. The van der Waals surface area contributed by atoms with Gasteiger partial charge in [-0.25, -0.2) is 0 Å². The quantitative estimate of drug-likeness (QED) is 0.376. The Morgan fingerprint density at radius 3 is 2.18 bits per heavy atom. The molecule has 3 nitrogen and oxygen atoms in total. The molecule has 0 radical (unpaired) electrons. The Labute approximate surface area is 70.5 Å². The third kappa shape index (κ3) is 7.16. The highest BCUT2D eigenvalue weighted by Gasteiger charge is 1.93. The minimum atomic E-state index is 0.997. The number of hydrazone groups is 1. The molecule has 1 N–H and O–H groups in total. The van der Waals surface area contributed by atoms with E-state index in [0.717, 1.165) is 12.4 Å². The summed E-state index contributed by atoms with van der Waals surface area (Å²) in [6, 6.07) is 0. The summed E-state index contributed by atoms with van der Waals surface area (Å²) in [5.74, 6) is 1.01. The second-order valence-electron chi connectivity index (χ2n) is 1.90. The van der Waals surface area contributed by atoms with Crippen molar-refractivity contribution < 1.29 is 0 Å². The van der Waals surface area contributed by atoms with Crippen molar-refractivity contribution >= 4 is 5.84 Å². The van der Waals surface area contributed by atoms with Crippen molar-refractivity contribution in [2.24, 2.45) is 5.10 Å². The van der Waals surface area contributed by atoms with Gasteiger partial charge in [-0.15, -0.1) is 0 Å². The number of hydrogen-bond acceptors (Lipinski definition) is 2. The normalized spacial score (nSPS) is 9.82. The maximum atomic E-state index is 3.99. The monoisotopic (exact) mass is 159 g/mol. The summed E-state index contributed by atoms with van der Waals surface area (Å²) in [4.78, 5) is 2.07. The number of amidine groups is 1. The summed E-state index contributed by atoms with van der Waals surface area (Å²) in [6.45, 7) is 9.06. The maximum absolute atomic E-state index is 3.99. The molecular formula is C8H21N3. The average molecular weight is 159 g/mol. The van der Waals surface area contributed by atoms with Gasteiger partial charge in [0.05, 0.1) is 0 Å². The van der Waals surface area contributed by atoms with E-state index in [1.807, 2.05) is 27.8 Å². The fraction of sp³-hybridized carbons (Fsp3) is 0.875. The lowest BCUT2D eigenvalue weighted by Gasteiger charge is -2.14. The second-order valence-corrected chi connectivity index (χ2v) is 1.90. The van der Waals surface area contributed by atoms with E-state index in [0.29, 0.717) is 0 Å². The molecule has 0 saturated carbocycles. The highest BCUT2D eigenvalue weighted by molar-refractivity contribution is 5.78. The highest BCUT2D eigenvalue weighted by atomic mass is 15.3. The summed E-state index contributed by atoms with van der Waals surface area (Å²) < 4.78 is 0. The zero-order chi connectivity index (χ0) is 9.28. The Morgan fingerprint density at radius 2 is 1.91 bits per heavy atom. The van der Waals surface area contributed by atoms with Crippen molar-refractivity contribution in [2.45, 2.75) is 27.7 Å². The van der Waals surface area contributed by atoms with Crippen LogP contribution in [-0.4, -0.2) is 31.4 Å². The molecule has 0 aliphatic heterocycles. The molecule has 0 aromatic rings. The van der Waals surface area contributed by atoms with Crippen molar-refractivity contribution in [1.29, 1.82) is 0 Å². The zero-order valence-electron chi connectivity index (χ0n) is 8.60. The minimum absolute atomic E-state index is 0.997. The van der Waals surface area contributed by atoms with Crippen LogP contribution in [0.5, 0.6) is 0 Å². The van der Waals surface area contributed by atoms with Gasteiger partial charge < -0.3 is 10.3 Å². The van der Waals surface area contributed by atoms with E-state index in [-0.39, 0.29) is 0 Å². The number of nitrogens with one attached hydrogen (secondary N) is 1. The first-order valence-corrected chi connectivity index (χ1v) is 4.14. The van der Waals surface area contributed by atoms with E-state index in [1.165, 1.54) is 0 Å². The predicted octanol–water partition coefficient (Wildman–Crippen LogP) is 1.52. The van der Waals surface area contributed by atoms with Gasteiger partial charge in [-0.05, 0) is 13.8 Å². The molecule has 0 spiro atoms. The van der Waals surface area contributed by atoms with Crippen LogP contribution in [0, 0.1) is 0 Å². The Bertz CT molecular complexity index is 99.5. The van der Waals surface area contributed by atoms with E-state index < -0.39 is 0 Å². The summed E-state index contributed by atoms with van der Waals surface area (Å²) in [6.07, 6.45) is 0. The van der Waals surface area contributed by atoms with Crippen LogP contribution < -0.4 is 5.43 Å². The second kappa shape index (κ2) is 9.27. The van der Waals surface area contributed by atoms with Crippen LogP contribution in [-0.2, 0) is 0 Å². The zero-order valence-corrected chi connectivity index (χ0v) is 8.60. The number of hydrogen-bond donors (Lipinski definition) is 1. The largest absolute Gasteiger partial charge is 0.362 e. The van der Waals surface area contributed by atoms with E-state index in [1.54, 1.807) is 7.05 Å².